The molecule has 1 saturated carbocycles. The molecule has 294 valence electrons. The van der Waals surface area contributed by atoms with E-state index in [1.54, 1.807) is 16.2 Å². The van der Waals surface area contributed by atoms with Crippen LogP contribution >= 0.6 is 11.3 Å². The lowest BCUT2D eigenvalue weighted by molar-refractivity contribution is -0.143. The van der Waals surface area contributed by atoms with Gasteiger partial charge < -0.3 is 34.9 Å². The van der Waals surface area contributed by atoms with Gasteiger partial charge in [-0.1, -0.05) is 60.1 Å². The van der Waals surface area contributed by atoms with Crippen molar-refractivity contribution in [2.24, 2.45) is 11.1 Å². The maximum absolute atomic E-state index is 13.0. The van der Waals surface area contributed by atoms with Crippen molar-refractivity contribution in [1.82, 2.24) is 15.2 Å². The van der Waals surface area contributed by atoms with Crippen molar-refractivity contribution >= 4 is 28.9 Å². The van der Waals surface area contributed by atoms with Crippen LogP contribution in [0.2, 0.25) is 0 Å². The standard InChI is InChI=1S/C20H37N3O6.C18H23NOS.C2H6/c1-15(24)16-6-5-8-23(16)19(26)18(20(2,3)4)22-17(25)14-29-13-12-28-11-10-27-9-7-21;1-3-14-9-10-15(18-13(2)19-12-21-18)11-17(14)20-16-7-5-4-6-8-16;1-2/h16,18H,5-14,21H2,1-4H3,(H,22,25);9-12,16H,3-8H2,1-2H3;1-2H3. The van der Waals surface area contributed by atoms with Crippen molar-refractivity contribution in [3.8, 4) is 16.2 Å². The van der Waals surface area contributed by atoms with E-state index < -0.39 is 17.5 Å². The zero-order valence-electron chi connectivity index (χ0n) is 33.1. The minimum absolute atomic E-state index is 0.0217. The Morgan fingerprint density at radius 2 is 1.63 bits per heavy atom. The van der Waals surface area contributed by atoms with Crippen LogP contribution in [0.1, 0.15) is 105 Å². The second-order valence-corrected chi connectivity index (χ2v) is 14.9. The lowest BCUT2D eigenvalue weighted by Gasteiger charge is -2.35. The summed E-state index contributed by atoms with van der Waals surface area (Å²) in [6, 6.07) is 5.51. The molecule has 11 nitrogen and oxygen atoms in total. The van der Waals surface area contributed by atoms with E-state index in [1.165, 1.54) is 55.0 Å². The van der Waals surface area contributed by atoms with Gasteiger partial charge in [0, 0.05) is 13.1 Å². The number of amides is 2. The van der Waals surface area contributed by atoms with Gasteiger partial charge in [-0.05, 0) is 81.4 Å². The highest BCUT2D eigenvalue weighted by Crippen LogP contribution is 2.34. The Labute approximate surface area is 316 Å². The summed E-state index contributed by atoms with van der Waals surface area (Å²) in [6.07, 6.45) is 9.26. The van der Waals surface area contributed by atoms with Gasteiger partial charge >= 0.3 is 0 Å². The smallest absolute Gasteiger partial charge is 0.246 e. The molecule has 1 aromatic heterocycles. The molecule has 0 spiro atoms. The molecule has 2 amide bonds. The fourth-order valence-electron chi connectivity index (χ4n) is 6.20. The van der Waals surface area contributed by atoms with Gasteiger partial charge in [0.1, 0.15) is 18.4 Å². The quantitative estimate of drug-likeness (QED) is 0.173. The number of thiazole rings is 1. The van der Waals surface area contributed by atoms with Crippen molar-refractivity contribution in [2.75, 3.05) is 52.7 Å². The van der Waals surface area contributed by atoms with Crippen LogP contribution < -0.4 is 15.8 Å². The number of hydrogen-bond donors (Lipinski definition) is 2. The highest BCUT2D eigenvalue weighted by atomic mass is 32.1. The van der Waals surface area contributed by atoms with Crippen LogP contribution in [0.5, 0.6) is 5.75 Å². The summed E-state index contributed by atoms with van der Waals surface area (Å²) in [5, 5.41) is 2.78. The van der Waals surface area contributed by atoms with E-state index in [2.05, 4.69) is 42.3 Å². The van der Waals surface area contributed by atoms with Crippen LogP contribution in [0.3, 0.4) is 0 Å². The Hall–Kier alpha value is -2.90. The van der Waals surface area contributed by atoms with Crippen molar-refractivity contribution in [2.45, 2.75) is 125 Å². The molecule has 1 aliphatic heterocycles. The normalized spacial score (nSPS) is 16.6. The van der Waals surface area contributed by atoms with E-state index in [9.17, 15) is 14.4 Å². The summed E-state index contributed by atoms with van der Waals surface area (Å²) in [4.78, 5) is 44.4. The zero-order chi connectivity index (χ0) is 38.5. The Balaban J connectivity index is 0.000000357. The van der Waals surface area contributed by atoms with Crippen molar-refractivity contribution < 1.29 is 33.3 Å². The van der Waals surface area contributed by atoms with Crippen molar-refractivity contribution in [1.29, 1.82) is 0 Å². The molecule has 2 fully saturated rings. The molecule has 2 heterocycles. The maximum Gasteiger partial charge on any atom is 0.246 e. The third-order valence-corrected chi connectivity index (χ3v) is 9.94. The number of nitrogens with two attached hydrogens (primary N) is 1. The summed E-state index contributed by atoms with van der Waals surface area (Å²) in [5.74, 6) is 0.466. The topological polar surface area (TPSA) is 142 Å². The number of ether oxygens (including phenoxy) is 4. The van der Waals surface area contributed by atoms with Gasteiger partial charge in [-0.2, -0.15) is 0 Å². The van der Waals surface area contributed by atoms with Gasteiger partial charge in [-0.25, -0.2) is 4.98 Å². The molecule has 3 N–H and O–H groups in total. The van der Waals surface area contributed by atoms with Crippen LogP contribution in [0, 0.1) is 12.3 Å². The van der Waals surface area contributed by atoms with Crippen molar-refractivity contribution in [3.05, 3.63) is 35.0 Å². The molecule has 2 aromatic rings. The second-order valence-electron chi connectivity index (χ2n) is 14.1. The van der Waals surface area contributed by atoms with Crippen LogP contribution in [0.25, 0.3) is 10.4 Å². The fourth-order valence-corrected chi connectivity index (χ4v) is 7.00. The van der Waals surface area contributed by atoms with E-state index in [0.29, 0.717) is 52.0 Å². The van der Waals surface area contributed by atoms with Gasteiger partial charge in [-0.3, -0.25) is 14.4 Å². The Morgan fingerprint density at radius 1 is 0.981 bits per heavy atom. The number of carbonyl (C=O) groups excluding carboxylic acids is 3. The first-order valence-electron chi connectivity index (χ1n) is 19.2. The first-order valence-corrected chi connectivity index (χ1v) is 20.1. The molecule has 1 aromatic carbocycles. The minimum atomic E-state index is -0.727. The summed E-state index contributed by atoms with van der Waals surface area (Å²) >= 11 is 1.70. The molecule has 4 rings (SSSR count). The van der Waals surface area contributed by atoms with Gasteiger partial charge in [0.05, 0.1) is 61.3 Å². The van der Waals surface area contributed by atoms with E-state index in [4.69, 9.17) is 24.7 Å². The largest absolute Gasteiger partial charge is 0.490 e. The monoisotopic (exact) mass is 746 g/mol. The Morgan fingerprint density at radius 3 is 2.21 bits per heavy atom. The van der Waals surface area contributed by atoms with E-state index in [1.807, 2.05) is 40.1 Å². The highest BCUT2D eigenvalue weighted by molar-refractivity contribution is 7.13. The zero-order valence-corrected chi connectivity index (χ0v) is 33.9. The molecule has 1 saturated heterocycles. The predicted molar refractivity (Wildman–Crippen MR) is 209 cm³/mol. The first-order chi connectivity index (χ1) is 25.0. The summed E-state index contributed by atoms with van der Waals surface area (Å²) in [7, 11) is 0. The Kier molecular flexibility index (Phi) is 21.3. The van der Waals surface area contributed by atoms with E-state index in [0.717, 1.165) is 24.3 Å². The lowest BCUT2D eigenvalue weighted by Crippen LogP contribution is -2.57. The van der Waals surface area contributed by atoms with Gasteiger partial charge in [-0.15, -0.1) is 11.3 Å². The number of aromatic nitrogens is 1. The average molecular weight is 747 g/mol. The first kappa shape index (κ1) is 45.3. The molecule has 0 radical (unpaired) electrons. The number of nitrogens with zero attached hydrogens (tertiary/aromatic N) is 2. The minimum Gasteiger partial charge on any atom is -0.490 e. The summed E-state index contributed by atoms with van der Waals surface area (Å²) < 4.78 is 22.2. The number of carbonyl (C=O) groups is 3. The van der Waals surface area contributed by atoms with Crippen LogP contribution in [0.4, 0.5) is 0 Å². The Bertz CT molecular complexity index is 1340. The third-order valence-electron chi connectivity index (χ3n) is 8.96. The number of ketones is 1. The number of rotatable bonds is 17. The lowest BCUT2D eigenvalue weighted by atomic mass is 9.85. The SMILES string of the molecule is CC.CC(=O)C1CCCN1C(=O)C(NC(=O)COCCOCCOCCN)C(C)(C)C.CCc1ccc(-c2scnc2C)cc1OC1CCCCC1. The number of hydrogen-bond acceptors (Lipinski definition) is 10. The van der Waals surface area contributed by atoms with E-state index in [-0.39, 0.29) is 30.8 Å². The molecule has 2 aliphatic rings. The predicted octanol–water partition coefficient (Wildman–Crippen LogP) is 6.52. The number of likely N-dealkylation sites (tertiary alicyclic amines) is 1. The molecule has 12 heteroatoms. The van der Waals surface area contributed by atoms with Gasteiger partial charge in [0.15, 0.2) is 5.78 Å². The fraction of sp³-hybridized carbons (Fsp3) is 0.700. The molecule has 52 heavy (non-hydrogen) atoms. The molecular weight excluding hydrogens is 681 g/mol. The molecule has 2 atom stereocenters. The number of nitrogens with one attached hydrogen (secondary N) is 1. The number of Topliss-reactive ketones (excluding diaryl/α,β-unsaturated/α-hetero) is 1. The molecular formula is C40H66N4O7S. The van der Waals surface area contributed by atoms with Gasteiger partial charge in [0.2, 0.25) is 11.8 Å². The number of benzene rings is 1. The summed E-state index contributed by atoms with van der Waals surface area (Å²) in [6.45, 7) is 18.3. The van der Waals surface area contributed by atoms with Crippen LogP contribution in [-0.2, 0) is 35.0 Å². The van der Waals surface area contributed by atoms with Crippen LogP contribution in [-0.4, -0.2) is 98.4 Å². The van der Waals surface area contributed by atoms with Gasteiger partial charge in [0.25, 0.3) is 0 Å². The number of aryl methyl sites for hydroxylation is 2. The molecule has 2 unspecified atom stereocenters. The molecule has 0 bridgehead atoms. The second kappa shape index (κ2) is 24.4. The van der Waals surface area contributed by atoms with Crippen molar-refractivity contribution in [3.63, 3.8) is 0 Å². The molecule has 1 aliphatic carbocycles. The average Bonchev–Trinajstić information content (AvgIpc) is 3.80. The maximum atomic E-state index is 13.0. The third kappa shape index (κ3) is 15.2. The highest BCUT2D eigenvalue weighted by Gasteiger charge is 2.40. The van der Waals surface area contributed by atoms with Crippen LogP contribution in [0.15, 0.2) is 23.7 Å². The summed E-state index contributed by atoms with van der Waals surface area (Å²) in [5.41, 5.74) is 10.4. The van der Waals surface area contributed by atoms with E-state index >= 15 is 0 Å².